The molecule has 0 radical (unpaired) electrons. The Morgan fingerprint density at radius 1 is 1.56 bits per heavy atom. The van der Waals surface area contributed by atoms with Crippen molar-refractivity contribution in [2.75, 3.05) is 0 Å². The molecule has 0 fully saturated rings. The number of nitrogens with two attached hydrogens (primary N) is 1. The second-order valence-electron chi connectivity index (χ2n) is 5.15. The molecule has 1 rings (SSSR count). The number of nitrogens with one attached hydrogen (secondary N) is 1. The molecule has 1 aliphatic carbocycles. The predicted molar refractivity (Wildman–Crippen MR) is 73.2 cm³/mol. The number of ether oxygens (including phenoxy) is 1. The second-order valence-corrected chi connectivity index (χ2v) is 5.15. The van der Waals surface area contributed by atoms with Crippen LogP contribution in [0.5, 0.6) is 0 Å². The van der Waals surface area contributed by atoms with Crippen molar-refractivity contribution < 1.29 is 9.53 Å². The molecule has 3 unspecified atom stereocenters. The monoisotopic (exact) mass is 254 g/mol. The molecule has 3 atom stereocenters. The lowest BCUT2D eigenvalue weighted by atomic mass is 9.89. The van der Waals surface area contributed by atoms with Gasteiger partial charge in [0.05, 0.1) is 18.2 Å². The lowest BCUT2D eigenvalue weighted by Gasteiger charge is -2.36. The second kappa shape index (κ2) is 6.90. The SMILES string of the molecule is CCC(CC)OC1C=C(C)CC(N)C1NC(C)=O. The first kappa shape index (κ1) is 15.2. The lowest BCUT2D eigenvalue weighted by molar-refractivity contribution is -0.121. The van der Waals surface area contributed by atoms with Gasteiger partial charge in [-0.05, 0) is 26.2 Å². The minimum absolute atomic E-state index is 0.0541. The topological polar surface area (TPSA) is 64.3 Å². The Bertz CT molecular complexity index is 311. The summed E-state index contributed by atoms with van der Waals surface area (Å²) < 4.78 is 6.07. The summed E-state index contributed by atoms with van der Waals surface area (Å²) in [5.41, 5.74) is 7.37. The van der Waals surface area contributed by atoms with Gasteiger partial charge in [-0.25, -0.2) is 0 Å². The molecule has 4 nitrogen and oxygen atoms in total. The Labute approximate surface area is 110 Å². The summed E-state index contributed by atoms with van der Waals surface area (Å²) in [5.74, 6) is -0.0541. The highest BCUT2D eigenvalue weighted by Crippen LogP contribution is 2.22. The third-order valence-corrected chi connectivity index (χ3v) is 3.45. The Morgan fingerprint density at radius 2 is 2.17 bits per heavy atom. The van der Waals surface area contributed by atoms with Gasteiger partial charge in [-0.2, -0.15) is 0 Å². The minimum atomic E-state index is -0.119. The standard InChI is InChI=1S/C14H26N2O2/c1-5-11(6-2)18-13-8-9(3)7-12(15)14(13)16-10(4)17/h8,11-14H,5-7,15H2,1-4H3,(H,16,17). The van der Waals surface area contributed by atoms with Crippen LogP contribution in [-0.4, -0.2) is 30.2 Å². The Morgan fingerprint density at radius 3 is 2.67 bits per heavy atom. The molecular weight excluding hydrogens is 228 g/mol. The molecule has 0 aromatic rings. The summed E-state index contributed by atoms with van der Waals surface area (Å²) >= 11 is 0. The van der Waals surface area contributed by atoms with E-state index < -0.39 is 0 Å². The van der Waals surface area contributed by atoms with Crippen molar-refractivity contribution in [1.29, 1.82) is 0 Å². The van der Waals surface area contributed by atoms with Gasteiger partial charge in [0.25, 0.3) is 0 Å². The van der Waals surface area contributed by atoms with Crippen LogP contribution in [0.15, 0.2) is 11.6 Å². The Kier molecular flexibility index (Phi) is 5.82. The van der Waals surface area contributed by atoms with Crippen molar-refractivity contribution in [2.45, 2.75) is 71.2 Å². The molecule has 3 N–H and O–H groups in total. The quantitative estimate of drug-likeness (QED) is 0.735. The molecular formula is C14H26N2O2. The first-order valence-corrected chi connectivity index (χ1v) is 6.83. The van der Waals surface area contributed by atoms with Gasteiger partial charge in [0.2, 0.25) is 5.91 Å². The van der Waals surface area contributed by atoms with Crippen molar-refractivity contribution >= 4 is 5.91 Å². The number of hydrogen-bond acceptors (Lipinski definition) is 3. The molecule has 1 aliphatic rings. The van der Waals surface area contributed by atoms with Crippen molar-refractivity contribution in [1.82, 2.24) is 5.32 Å². The number of carbonyl (C=O) groups is 1. The van der Waals surface area contributed by atoms with Gasteiger partial charge in [-0.15, -0.1) is 0 Å². The lowest BCUT2D eigenvalue weighted by Crippen LogP contribution is -2.56. The molecule has 0 saturated heterocycles. The highest BCUT2D eigenvalue weighted by Gasteiger charge is 2.32. The molecule has 104 valence electrons. The van der Waals surface area contributed by atoms with Crippen molar-refractivity contribution in [3.63, 3.8) is 0 Å². The Hall–Kier alpha value is -0.870. The van der Waals surface area contributed by atoms with Crippen LogP contribution in [0.3, 0.4) is 0 Å². The molecule has 18 heavy (non-hydrogen) atoms. The fraction of sp³-hybridized carbons (Fsp3) is 0.786. The van der Waals surface area contributed by atoms with E-state index in [9.17, 15) is 4.79 Å². The summed E-state index contributed by atoms with van der Waals surface area (Å²) in [5, 5.41) is 2.92. The van der Waals surface area contributed by atoms with Crippen LogP contribution >= 0.6 is 0 Å². The van der Waals surface area contributed by atoms with E-state index in [0.717, 1.165) is 19.3 Å². The van der Waals surface area contributed by atoms with Gasteiger partial charge in [-0.3, -0.25) is 4.79 Å². The molecule has 0 aromatic carbocycles. The Balaban J connectivity index is 2.79. The first-order valence-electron chi connectivity index (χ1n) is 6.83. The molecule has 0 spiro atoms. The zero-order valence-corrected chi connectivity index (χ0v) is 11.9. The summed E-state index contributed by atoms with van der Waals surface area (Å²) in [6, 6.07) is -0.190. The highest BCUT2D eigenvalue weighted by molar-refractivity contribution is 5.73. The molecule has 1 amide bonds. The van der Waals surface area contributed by atoms with Crippen molar-refractivity contribution in [3.05, 3.63) is 11.6 Å². The maximum Gasteiger partial charge on any atom is 0.217 e. The van der Waals surface area contributed by atoms with E-state index in [4.69, 9.17) is 10.5 Å². The fourth-order valence-electron chi connectivity index (χ4n) is 2.45. The molecule has 0 aromatic heterocycles. The maximum absolute atomic E-state index is 11.3. The van der Waals surface area contributed by atoms with Crippen LogP contribution in [0.25, 0.3) is 0 Å². The zero-order valence-electron chi connectivity index (χ0n) is 11.9. The number of amides is 1. The molecule has 0 saturated carbocycles. The number of hydrogen-bond donors (Lipinski definition) is 2. The summed E-state index contributed by atoms with van der Waals surface area (Å²) in [7, 11) is 0. The largest absolute Gasteiger partial charge is 0.369 e. The van der Waals surface area contributed by atoms with Crippen molar-refractivity contribution in [2.24, 2.45) is 5.73 Å². The van der Waals surface area contributed by atoms with Gasteiger partial charge < -0.3 is 15.8 Å². The van der Waals surface area contributed by atoms with E-state index in [0.29, 0.717) is 0 Å². The van der Waals surface area contributed by atoms with Crippen LogP contribution in [0.1, 0.15) is 47.0 Å². The summed E-state index contributed by atoms with van der Waals surface area (Å²) in [6.07, 6.45) is 4.97. The molecule has 4 heteroatoms. The van der Waals surface area contributed by atoms with Gasteiger partial charge in [-0.1, -0.05) is 25.5 Å². The summed E-state index contributed by atoms with van der Waals surface area (Å²) in [6.45, 7) is 7.81. The van der Waals surface area contributed by atoms with Crippen LogP contribution in [0.2, 0.25) is 0 Å². The highest BCUT2D eigenvalue weighted by atomic mass is 16.5. The molecule has 0 heterocycles. The third kappa shape index (κ3) is 4.10. The zero-order chi connectivity index (χ0) is 13.7. The van der Waals surface area contributed by atoms with E-state index in [2.05, 4.69) is 32.2 Å². The number of carbonyl (C=O) groups excluding carboxylic acids is 1. The van der Waals surface area contributed by atoms with E-state index in [-0.39, 0.29) is 30.2 Å². The van der Waals surface area contributed by atoms with Gasteiger partial charge in [0.1, 0.15) is 0 Å². The fourth-order valence-corrected chi connectivity index (χ4v) is 2.45. The number of rotatable bonds is 5. The van der Waals surface area contributed by atoms with E-state index >= 15 is 0 Å². The van der Waals surface area contributed by atoms with Crippen LogP contribution in [0, 0.1) is 0 Å². The minimum Gasteiger partial charge on any atom is -0.369 e. The van der Waals surface area contributed by atoms with Gasteiger partial charge in [0, 0.05) is 13.0 Å². The first-order chi connectivity index (χ1) is 8.47. The van der Waals surface area contributed by atoms with Gasteiger partial charge >= 0.3 is 0 Å². The van der Waals surface area contributed by atoms with E-state index in [1.165, 1.54) is 12.5 Å². The van der Waals surface area contributed by atoms with E-state index in [1.807, 2.05) is 0 Å². The maximum atomic E-state index is 11.3. The van der Waals surface area contributed by atoms with Gasteiger partial charge in [0.15, 0.2) is 0 Å². The third-order valence-electron chi connectivity index (χ3n) is 3.45. The van der Waals surface area contributed by atoms with Crippen LogP contribution in [0.4, 0.5) is 0 Å². The van der Waals surface area contributed by atoms with Crippen LogP contribution in [-0.2, 0) is 9.53 Å². The van der Waals surface area contributed by atoms with Crippen molar-refractivity contribution in [3.8, 4) is 0 Å². The normalized spacial score (nSPS) is 28.1. The molecule has 0 aliphatic heterocycles. The summed E-state index contributed by atoms with van der Waals surface area (Å²) in [4.78, 5) is 11.3. The average Bonchev–Trinajstić information content (AvgIpc) is 2.29. The van der Waals surface area contributed by atoms with Crippen LogP contribution < -0.4 is 11.1 Å². The smallest absolute Gasteiger partial charge is 0.217 e. The average molecular weight is 254 g/mol. The van der Waals surface area contributed by atoms with E-state index in [1.54, 1.807) is 0 Å². The predicted octanol–water partition coefficient (Wildman–Crippen LogP) is 1.74. The molecule has 0 bridgehead atoms.